The van der Waals surface area contributed by atoms with Crippen LogP contribution in [0.15, 0.2) is 89.8 Å². The molecule has 1 unspecified atom stereocenters. The first-order chi connectivity index (χ1) is 19.9. The summed E-state index contributed by atoms with van der Waals surface area (Å²) in [4.78, 5) is 39.6. The van der Waals surface area contributed by atoms with Gasteiger partial charge in [-0.3, -0.25) is 14.4 Å². The van der Waals surface area contributed by atoms with E-state index in [0.29, 0.717) is 17.5 Å². The molecule has 1 aliphatic rings. The minimum Gasteiger partial charge on any atom is -0.455 e. The number of nitrogens with zero attached hydrogens (tertiary/aromatic N) is 1. The predicted molar refractivity (Wildman–Crippen MR) is 160 cm³/mol. The second-order valence-electron chi connectivity index (χ2n) is 11.7. The monoisotopic (exact) mass is 590 g/mol. The first-order valence-electron chi connectivity index (χ1n) is 14.0. The van der Waals surface area contributed by atoms with Crippen LogP contribution in [-0.4, -0.2) is 49.4 Å². The number of benzene rings is 3. The molecule has 1 saturated heterocycles. The highest BCUT2D eigenvalue weighted by molar-refractivity contribution is 7.92. The van der Waals surface area contributed by atoms with Crippen LogP contribution in [0.5, 0.6) is 0 Å². The standard InChI is InChI=1S/C33H38N2O6S/c1-23(37)41-31(25-13-9-6-10-14-25)30(24-11-7-5-8-12-24)34-32(38)29-21-28(19-20-35(29)22-36)42(39,40)27-17-15-26(16-18-27)33(2,3)4/h5-18,22,28-31H,19-21H2,1-4H3,(H,34,38)/t28?,29-,30+,31-/m0/s1. The molecule has 8 nitrogen and oxygen atoms in total. The smallest absolute Gasteiger partial charge is 0.303 e. The molecule has 4 rings (SSSR count). The molecule has 1 heterocycles. The lowest BCUT2D eigenvalue weighted by Crippen LogP contribution is -2.54. The van der Waals surface area contributed by atoms with Gasteiger partial charge in [-0.15, -0.1) is 0 Å². The van der Waals surface area contributed by atoms with E-state index >= 15 is 0 Å². The Kier molecular flexibility index (Phi) is 9.51. The van der Waals surface area contributed by atoms with E-state index in [4.69, 9.17) is 4.74 Å². The molecule has 3 aromatic carbocycles. The summed E-state index contributed by atoms with van der Waals surface area (Å²) in [6.45, 7) is 7.59. The van der Waals surface area contributed by atoms with Gasteiger partial charge in [0.05, 0.1) is 16.2 Å². The summed E-state index contributed by atoms with van der Waals surface area (Å²) in [5.74, 6) is -1.04. The van der Waals surface area contributed by atoms with Crippen LogP contribution in [0.4, 0.5) is 0 Å². The third kappa shape index (κ3) is 7.07. The highest BCUT2D eigenvalue weighted by Crippen LogP contribution is 2.34. The topological polar surface area (TPSA) is 110 Å². The summed E-state index contributed by atoms with van der Waals surface area (Å²) in [6.07, 6.45) is -0.111. The number of ether oxygens (including phenoxy) is 1. The zero-order valence-electron chi connectivity index (χ0n) is 24.4. The quantitative estimate of drug-likeness (QED) is 0.280. The fourth-order valence-electron chi connectivity index (χ4n) is 5.35. The number of carbonyl (C=O) groups excluding carboxylic acids is 3. The molecule has 0 bridgehead atoms. The van der Waals surface area contributed by atoms with Crippen molar-refractivity contribution in [3.05, 3.63) is 102 Å². The number of esters is 1. The van der Waals surface area contributed by atoms with E-state index < -0.39 is 45.2 Å². The van der Waals surface area contributed by atoms with Gasteiger partial charge in [0.1, 0.15) is 6.04 Å². The first kappa shape index (κ1) is 31.0. The minimum atomic E-state index is -3.77. The van der Waals surface area contributed by atoms with Crippen molar-refractivity contribution < 1.29 is 27.5 Å². The number of likely N-dealkylation sites (tertiary alicyclic amines) is 1. The molecule has 1 aliphatic heterocycles. The number of rotatable bonds is 9. The largest absolute Gasteiger partial charge is 0.455 e. The summed E-state index contributed by atoms with van der Waals surface area (Å²) in [5, 5.41) is 2.15. The van der Waals surface area contributed by atoms with E-state index in [9.17, 15) is 22.8 Å². The highest BCUT2D eigenvalue weighted by Gasteiger charge is 2.41. The van der Waals surface area contributed by atoms with Crippen molar-refractivity contribution in [2.45, 2.75) is 74.3 Å². The number of hydrogen-bond acceptors (Lipinski definition) is 6. The Morgan fingerprint density at radius 1 is 0.929 bits per heavy atom. The number of nitrogens with one attached hydrogen (secondary N) is 1. The lowest BCUT2D eigenvalue weighted by Gasteiger charge is -2.37. The highest BCUT2D eigenvalue weighted by atomic mass is 32.2. The lowest BCUT2D eigenvalue weighted by atomic mass is 9.87. The SMILES string of the molecule is CC(=O)O[C@@H](c1ccccc1)[C@H](NC(=O)[C@@H]1CC(S(=O)(=O)c2ccc(C(C)(C)C)cc2)CCN1C=O)c1ccccc1. The summed E-state index contributed by atoms with van der Waals surface area (Å²) in [5.41, 5.74) is 2.26. The molecule has 1 N–H and O–H groups in total. The zero-order valence-corrected chi connectivity index (χ0v) is 25.2. The van der Waals surface area contributed by atoms with Gasteiger partial charge in [-0.25, -0.2) is 8.42 Å². The van der Waals surface area contributed by atoms with E-state index in [-0.39, 0.29) is 29.7 Å². The van der Waals surface area contributed by atoms with Gasteiger partial charge < -0.3 is 15.0 Å². The molecule has 0 spiro atoms. The normalized spacial score (nSPS) is 18.9. The molecule has 0 aliphatic carbocycles. The minimum absolute atomic E-state index is 0.0565. The Labute approximate surface area is 248 Å². The fourth-order valence-corrected chi connectivity index (χ4v) is 7.10. The molecule has 1 fully saturated rings. The van der Waals surface area contributed by atoms with Crippen molar-refractivity contribution >= 4 is 28.1 Å². The fraction of sp³-hybridized carbons (Fsp3) is 0.364. The second-order valence-corrected chi connectivity index (χ2v) is 13.9. The molecule has 3 aromatic rings. The summed E-state index contributed by atoms with van der Waals surface area (Å²) < 4.78 is 33.1. The van der Waals surface area contributed by atoms with Gasteiger partial charge in [0.15, 0.2) is 15.9 Å². The third-order valence-electron chi connectivity index (χ3n) is 7.70. The van der Waals surface area contributed by atoms with Crippen molar-refractivity contribution in [2.24, 2.45) is 0 Å². The number of sulfone groups is 1. The van der Waals surface area contributed by atoms with Crippen LogP contribution in [0.25, 0.3) is 0 Å². The van der Waals surface area contributed by atoms with Gasteiger partial charge in [0.25, 0.3) is 0 Å². The average Bonchev–Trinajstić information content (AvgIpc) is 2.98. The Bertz CT molecular complexity index is 1490. The Balaban J connectivity index is 1.63. The molecular weight excluding hydrogens is 552 g/mol. The lowest BCUT2D eigenvalue weighted by molar-refractivity contribution is -0.150. The number of carbonyl (C=O) groups is 3. The van der Waals surface area contributed by atoms with Gasteiger partial charge in [0.2, 0.25) is 12.3 Å². The van der Waals surface area contributed by atoms with Crippen LogP contribution < -0.4 is 5.32 Å². The molecule has 2 amide bonds. The number of amides is 2. The molecule has 4 atom stereocenters. The van der Waals surface area contributed by atoms with Crippen molar-refractivity contribution in [3.8, 4) is 0 Å². The van der Waals surface area contributed by atoms with Crippen molar-refractivity contribution in [3.63, 3.8) is 0 Å². The van der Waals surface area contributed by atoms with E-state index in [2.05, 4.69) is 26.1 Å². The molecule has 42 heavy (non-hydrogen) atoms. The van der Waals surface area contributed by atoms with Crippen LogP contribution in [0.1, 0.15) is 69.4 Å². The maximum absolute atomic E-state index is 13.9. The Morgan fingerprint density at radius 2 is 1.50 bits per heavy atom. The van der Waals surface area contributed by atoms with Crippen LogP contribution in [0, 0.1) is 0 Å². The zero-order chi connectivity index (χ0) is 30.5. The molecule has 0 radical (unpaired) electrons. The van der Waals surface area contributed by atoms with E-state index in [1.165, 1.54) is 11.8 Å². The van der Waals surface area contributed by atoms with Crippen molar-refractivity contribution in [2.75, 3.05) is 6.54 Å². The number of piperidine rings is 1. The average molecular weight is 591 g/mol. The maximum Gasteiger partial charge on any atom is 0.303 e. The van der Waals surface area contributed by atoms with E-state index in [0.717, 1.165) is 5.56 Å². The Morgan fingerprint density at radius 3 is 2.02 bits per heavy atom. The van der Waals surface area contributed by atoms with Gasteiger partial charge >= 0.3 is 5.97 Å². The van der Waals surface area contributed by atoms with Crippen molar-refractivity contribution in [1.29, 1.82) is 0 Å². The molecule has 222 valence electrons. The van der Waals surface area contributed by atoms with Crippen LogP contribution >= 0.6 is 0 Å². The molecular formula is C33H38N2O6S. The predicted octanol–water partition coefficient (Wildman–Crippen LogP) is 4.91. The van der Waals surface area contributed by atoms with Crippen LogP contribution in [0.2, 0.25) is 0 Å². The number of hydrogen-bond donors (Lipinski definition) is 1. The summed E-state index contributed by atoms with van der Waals surface area (Å²) in [6, 6.07) is 23.2. The van der Waals surface area contributed by atoms with Crippen LogP contribution in [-0.2, 0) is 34.4 Å². The van der Waals surface area contributed by atoms with E-state index in [1.54, 1.807) is 12.1 Å². The van der Waals surface area contributed by atoms with Crippen molar-refractivity contribution in [1.82, 2.24) is 10.2 Å². The molecule has 0 saturated carbocycles. The van der Waals surface area contributed by atoms with Gasteiger partial charge in [0, 0.05) is 13.5 Å². The maximum atomic E-state index is 13.9. The van der Waals surface area contributed by atoms with Gasteiger partial charge in [-0.2, -0.15) is 0 Å². The summed E-state index contributed by atoms with van der Waals surface area (Å²) >= 11 is 0. The second kappa shape index (κ2) is 12.9. The van der Waals surface area contributed by atoms with Gasteiger partial charge in [-0.1, -0.05) is 93.6 Å². The van der Waals surface area contributed by atoms with Gasteiger partial charge in [-0.05, 0) is 47.1 Å². The third-order valence-corrected chi connectivity index (χ3v) is 9.94. The molecule has 9 heteroatoms. The summed E-state index contributed by atoms with van der Waals surface area (Å²) in [7, 11) is -3.77. The molecule has 0 aromatic heterocycles. The van der Waals surface area contributed by atoms with Crippen LogP contribution in [0.3, 0.4) is 0 Å². The first-order valence-corrected chi connectivity index (χ1v) is 15.6. The Hall–Kier alpha value is -3.98. The van der Waals surface area contributed by atoms with E-state index in [1.807, 2.05) is 72.8 Å².